The van der Waals surface area contributed by atoms with E-state index in [0.29, 0.717) is 12.2 Å². The lowest BCUT2D eigenvalue weighted by atomic mass is 10.3. The van der Waals surface area contributed by atoms with Gasteiger partial charge in [0.05, 0.1) is 12.2 Å². The van der Waals surface area contributed by atoms with E-state index in [1.165, 1.54) is 11.8 Å². The van der Waals surface area contributed by atoms with Crippen LogP contribution in [0.1, 0.15) is 22.8 Å². The molecule has 0 bridgehead atoms. The Morgan fingerprint density at radius 2 is 2.33 bits per heavy atom. The molecule has 0 unspecified atom stereocenters. The molecule has 1 N–H and O–H groups in total. The smallest absolute Gasteiger partial charge is 0.339 e. The Labute approximate surface area is 110 Å². The summed E-state index contributed by atoms with van der Waals surface area (Å²) >= 11 is 1.66. The molecule has 2 aromatic rings. The van der Waals surface area contributed by atoms with Gasteiger partial charge in [-0.1, -0.05) is 0 Å². The van der Waals surface area contributed by atoms with Crippen LogP contribution in [0.5, 0.6) is 0 Å². The summed E-state index contributed by atoms with van der Waals surface area (Å²) in [7, 11) is 0. The second-order valence-electron chi connectivity index (χ2n) is 3.64. The van der Waals surface area contributed by atoms with Crippen LogP contribution >= 0.6 is 11.3 Å². The number of ether oxygens (including phenoxy) is 1. The van der Waals surface area contributed by atoms with E-state index in [-0.39, 0.29) is 5.97 Å². The quantitative estimate of drug-likeness (QED) is 0.842. The van der Waals surface area contributed by atoms with Crippen molar-refractivity contribution in [1.29, 1.82) is 0 Å². The van der Waals surface area contributed by atoms with Crippen LogP contribution in [0, 0.1) is 0 Å². The number of carbonyl (C=O) groups is 1. The molecule has 0 fully saturated rings. The minimum atomic E-state index is -0.339. The molecule has 2 heterocycles. The van der Waals surface area contributed by atoms with Gasteiger partial charge in [0, 0.05) is 12.7 Å². The molecule has 0 spiro atoms. The van der Waals surface area contributed by atoms with E-state index in [9.17, 15) is 4.79 Å². The van der Waals surface area contributed by atoms with Gasteiger partial charge >= 0.3 is 5.97 Å². The predicted molar refractivity (Wildman–Crippen MR) is 71.8 cm³/mol. The van der Waals surface area contributed by atoms with Gasteiger partial charge in [-0.15, -0.1) is 0 Å². The lowest BCUT2D eigenvalue weighted by Crippen LogP contribution is -2.06. The third kappa shape index (κ3) is 3.30. The number of esters is 1. The molecule has 0 atom stereocenters. The highest BCUT2D eigenvalue weighted by molar-refractivity contribution is 7.07. The average molecular weight is 262 g/mol. The van der Waals surface area contributed by atoms with Crippen molar-refractivity contribution in [3.63, 3.8) is 0 Å². The molecule has 0 aliphatic carbocycles. The molecule has 5 heteroatoms. The number of carbonyl (C=O) groups excluding carboxylic acids is 1. The van der Waals surface area contributed by atoms with Crippen molar-refractivity contribution >= 4 is 23.1 Å². The molecule has 0 aliphatic rings. The average Bonchev–Trinajstić information content (AvgIpc) is 2.90. The Morgan fingerprint density at radius 3 is 2.94 bits per heavy atom. The summed E-state index contributed by atoms with van der Waals surface area (Å²) in [5.41, 5.74) is 1.69. The van der Waals surface area contributed by atoms with E-state index in [0.717, 1.165) is 12.4 Å². The topological polar surface area (TPSA) is 51.2 Å². The summed E-state index contributed by atoms with van der Waals surface area (Å²) in [4.78, 5) is 15.6. The highest BCUT2D eigenvalue weighted by Gasteiger charge is 2.06. The Hall–Kier alpha value is -1.88. The van der Waals surface area contributed by atoms with E-state index < -0.39 is 0 Å². The fraction of sp³-hybridized carbons (Fsp3) is 0.231. The molecule has 2 rings (SSSR count). The first-order valence-corrected chi connectivity index (χ1v) is 6.62. The fourth-order valence-electron chi connectivity index (χ4n) is 1.42. The molecule has 0 amide bonds. The minimum Gasteiger partial charge on any atom is -0.462 e. The minimum absolute atomic E-state index is 0.339. The maximum absolute atomic E-state index is 11.4. The maximum atomic E-state index is 11.4. The second kappa shape index (κ2) is 6.16. The van der Waals surface area contributed by atoms with Crippen LogP contribution in [-0.2, 0) is 11.3 Å². The van der Waals surface area contributed by atoms with Gasteiger partial charge in [0.15, 0.2) is 0 Å². The largest absolute Gasteiger partial charge is 0.462 e. The van der Waals surface area contributed by atoms with Crippen molar-refractivity contribution in [3.05, 3.63) is 46.3 Å². The summed E-state index contributed by atoms with van der Waals surface area (Å²) in [6.07, 6.45) is 1.52. The molecule has 0 saturated heterocycles. The molecule has 0 aromatic carbocycles. The van der Waals surface area contributed by atoms with Gasteiger partial charge in [-0.3, -0.25) is 0 Å². The number of rotatable bonds is 5. The SMILES string of the molecule is CCOC(=O)c1ccc(NCc2ccsc2)nc1. The Kier molecular flexibility index (Phi) is 4.30. The van der Waals surface area contributed by atoms with Crippen LogP contribution in [-0.4, -0.2) is 17.6 Å². The normalized spacial score (nSPS) is 10.1. The van der Waals surface area contributed by atoms with Crippen molar-refractivity contribution in [2.75, 3.05) is 11.9 Å². The van der Waals surface area contributed by atoms with Crippen LogP contribution < -0.4 is 5.32 Å². The van der Waals surface area contributed by atoms with Gasteiger partial charge in [-0.2, -0.15) is 11.3 Å². The number of hydrogen-bond donors (Lipinski definition) is 1. The van der Waals surface area contributed by atoms with Gasteiger partial charge in [0.1, 0.15) is 5.82 Å². The van der Waals surface area contributed by atoms with E-state index in [1.54, 1.807) is 30.4 Å². The van der Waals surface area contributed by atoms with E-state index in [4.69, 9.17) is 4.74 Å². The maximum Gasteiger partial charge on any atom is 0.339 e. The van der Waals surface area contributed by atoms with Crippen LogP contribution in [0.2, 0.25) is 0 Å². The number of aromatic nitrogens is 1. The fourth-order valence-corrected chi connectivity index (χ4v) is 2.09. The second-order valence-corrected chi connectivity index (χ2v) is 4.42. The Bertz CT molecular complexity index is 494. The van der Waals surface area contributed by atoms with Gasteiger partial charge in [-0.05, 0) is 41.4 Å². The molecule has 2 aromatic heterocycles. The van der Waals surface area contributed by atoms with Gasteiger partial charge in [0.2, 0.25) is 0 Å². The molecule has 0 radical (unpaired) electrons. The van der Waals surface area contributed by atoms with E-state index in [1.807, 2.05) is 5.38 Å². The number of nitrogens with zero attached hydrogens (tertiary/aromatic N) is 1. The van der Waals surface area contributed by atoms with Crippen molar-refractivity contribution in [3.8, 4) is 0 Å². The summed E-state index contributed by atoms with van der Waals surface area (Å²) in [6, 6.07) is 5.55. The number of pyridine rings is 1. The number of hydrogen-bond acceptors (Lipinski definition) is 5. The zero-order valence-electron chi connectivity index (χ0n) is 10.1. The molecule has 0 aliphatic heterocycles. The molecule has 18 heavy (non-hydrogen) atoms. The highest BCUT2D eigenvalue weighted by Crippen LogP contribution is 2.10. The van der Waals surface area contributed by atoms with Gasteiger partial charge in [-0.25, -0.2) is 9.78 Å². The monoisotopic (exact) mass is 262 g/mol. The molecule has 94 valence electrons. The van der Waals surface area contributed by atoms with Crippen LogP contribution in [0.4, 0.5) is 5.82 Å². The summed E-state index contributed by atoms with van der Waals surface area (Å²) in [6.45, 7) is 2.88. The standard InChI is InChI=1S/C13H14N2O2S/c1-2-17-13(16)11-3-4-12(15-8-11)14-7-10-5-6-18-9-10/h3-6,8-9H,2,7H2,1H3,(H,14,15). The van der Waals surface area contributed by atoms with Gasteiger partial charge in [0.25, 0.3) is 0 Å². The number of anilines is 1. The lowest BCUT2D eigenvalue weighted by Gasteiger charge is -2.05. The zero-order valence-corrected chi connectivity index (χ0v) is 10.9. The summed E-state index contributed by atoms with van der Waals surface area (Å²) in [5, 5.41) is 7.31. The van der Waals surface area contributed by atoms with Crippen LogP contribution in [0.3, 0.4) is 0 Å². The first-order chi connectivity index (χ1) is 8.79. The van der Waals surface area contributed by atoms with E-state index >= 15 is 0 Å². The third-order valence-electron chi connectivity index (χ3n) is 2.33. The number of thiophene rings is 1. The Morgan fingerprint density at radius 1 is 1.44 bits per heavy atom. The lowest BCUT2D eigenvalue weighted by molar-refractivity contribution is 0.0526. The molecular formula is C13H14N2O2S. The van der Waals surface area contributed by atoms with Crippen LogP contribution in [0.25, 0.3) is 0 Å². The number of nitrogens with one attached hydrogen (secondary N) is 1. The third-order valence-corrected chi connectivity index (χ3v) is 3.06. The first kappa shape index (κ1) is 12.6. The first-order valence-electron chi connectivity index (χ1n) is 5.67. The summed E-state index contributed by atoms with van der Waals surface area (Å²) < 4.78 is 4.89. The van der Waals surface area contributed by atoms with Crippen molar-refractivity contribution in [2.24, 2.45) is 0 Å². The summed E-state index contributed by atoms with van der Waals surface area (Å²) in [5.74, 6) is 0.406. The zero-order chi connectivity index (χ0) is 12.8. The van der Waals surface area contributed by atoms with Gasteiger partial charge < -0.3 is 10.1 Å². The Balaban J connectivity index is 1.93. The highest BCUT2D eigenvalue weighted by atomic mass is 32.1. The van der Waals surface area contributed by atoms with Crippen LogP contribution in [0.15, 0.2) is 35.2 Å². The molecule has 0 saturated carbocycles. The van der Waals surface area contributed by atoms with Crippen molar-refractivity contribution < 1.29 is 9.53 Å². The van der Waals surface area contributed by atoms with Crippen molar-refractivity contribution in [1.82, 2.24) is 4.98 Å². The van der Waals surface area contributed by atoms with Crippen molar-refractivity contribution in [2.45, 2.75) is 13.5 Å². The predicted octanol–water partition coefficient (Wildman–Crippen LogP) is 2.93. The molecular weight excluding hydrogens is 248 g/mol. The van der Waals surface area contributed by atoms with E-state index in [2.05, 4.69) is 21.7 Å². The molecule has 4 nitrogen and oxygen atoms in total.